The highest BCUT2D eigenvalue weighted by Gasteiger charge is 2.57. The zero-order valence-electron chi connectivity index (χ0n) is 24.2. The highest BCUT2D eigenvalue weighted by Crippen LogP contribution is 2.51. The molecule has 1 aliphatic carbocycles. The van der Waals surface area contributed by atoms with Crippen molar-refractivity contribution in [3.05, 3.63) is 35.9 Å². The third-order valence-corrected chi connectivity index (χ3v) is 7.37. The number of carbonyl (C=O) groups excluding carboxylic acids is 6. The number of hydrogen-bond donors (Lipinski definition) is 3. The van der Waals surface area contributed by atoms with E-state index in [9.17, 15) is 37.5 Å². The van der Waals surface area contributed by atoms with Gasteiger partial charge in [-0.1, -0.05) is 58.0 Å². The van der Waals surface area contributed by atoms with Crippen LogP contribution in [0.1, 0.15) is 52.5 Å². The first-order chi connectivity index (χ1) is 19.6. The number of rotatable bonds is 12. The van der Waals surface area contributed by atoms with Crippen molar-refractivity contribution in [2.24, 2.45) is 17.3 Å². The average Bonchev–Trinajstić information content (AvgIpc) is 3.33. The minimum Gasteiger partial charge on any atom is -0.460 e. The standard InChI is InChI=1S/C29H38F2N4O7/c1-17-10-21(25(39)33-20(22(37)15-36)11-19-12-29(19,30)31)35(14-17)26(40)24(28(2,3)4)34-27(41)32-13-23(38)42-16-18-8-6-5-7-9-18/h5-9,15,17,19-21,24H,10-14,16H2,1-4H3,(H,33,39)(H2,32,34,41). The van der Waals surface area contributed by atoms with Gasteiger partial charge in [0, 0.05) is 18.9 Å². The molecule has 2 aliphatic rings. The Balaban J connectivity index is 1.62. The lowest BCUT2D eigenvalue weighted by Crippen LogP contribution is -2.60. The van der Waals surface area contributed by atoms with Crippen LogP contribution >= 0.6 is 0 Å². The molecule has 42 heavy (non-hydrogen) atoms. The third kappa shape index (κ3) is 8.80. The minimum atomic E-state index is -2.94. The van der Waals surface area contributed by atoms with E-state index in [-0.39, 0.29) is 38.2 Å². The zero-order valence-corrected chi connectivity index (χ0v) is 24.2. The van der Waals surface area contributed by atoms with Crippen LogP contribution in [-0.2, 0) is 35.3 Å². The van der Waals surface area contributed by atoms with E-state index in [1.54, 1.807) is 45.0 Å². The maximum absolute atomic E-state index is 13.7. The van der Waals surface area contributed by atoms with Crippen molar-refractivity contribution in [1.82, 2.24) is 20.9 Å². The fourth-order valence-electron chi connectivity index (χ4n) is 4.88. The molecule has 13 heteroatoms. The van der Waals surface area contributed by atoms with Gasteiger partial charge in [0.2, 0.25) is 17.6 Å². The van der Waals surface area contributed by atoms with E-state index in [1.807, 2.05) is 13.0 Å². The number of nitrogens with zero attached hydrogens (tertiary/aromatic N) is 1. The molecule has 1 aromatic rings. The number of nitrogens with one attached hydrogen (secondary N) is 3. The number of Topliss-reactive ketones (excluding diaryl/α,β-unsaturated/α-hetero) is 1. The van der Waals surface area contributed by atoms with E-state index in [1.165, 1.54) is 4.90 Å². The first-order valence-electron chi connectivity index (χ1n) is 13.8. The number of ether oxygens (including phenoxy) is 1. The van der Waals surface area contributed by atoms with E-state index in [0.29, 0.717) is 0 Å². The summed E-state index contributed by atoms with van der Waals surface area (Å²) in [6.45, 7) is 6.73. The second kappa shape index (κ2) is 13.4. The van der Waals surface area contributed by atoms with Crippen LogP contribution < -0.4 is 16.0 Å². The summed E-state index contributed by atoms with van der Waals surface area (Å²) < 4.78 is 32.1. The first-order valence-corrected chi connectivity index (χ1v) is 13.8. The number of hydrogen-bond acceptors (Lipinski definition) is 7. The van der Waals surface area contributed by atoms with E-state index >= 15 is 0 Å². The van der Waals surface area contributed by atoms with Crippen molar-refractivity contribution in [3.8, 4) is 0 Å². The summed E-state index contributed by atoms with van der Waals surface area (Å²) in [5.41, 5.74) is -0.0395. The molecule has 3 N–H and O–H groups in total. The van der Waals surface area contributed by atoms with E-state index in [2.05, 4.69) is 16.0 Å². The van der Waals surface area contributed by atoms with Gasteiger partial charge < -0.3 is 25.6 Å². The molecular weight excluding hydrogens is 554 g/mol. The number of ketones is 1. The number of amides is 4. The molecule has 230 valence electrons. The summed E-state index contributed by atoms with van der Waals surface area (Å²) in [5, 5.41) is 7.36. The number of aldehydes is 1. The van der Waals surface area contributed by atoms with E-state index in [4.69, 9.17) is 4.74 Å². The summed E-state index contributed by atoms with van der Waals surface area (Å²) in [7, 11) is 0. The van der Waals surface area contributed by atoms with Gasteiger partial charge in [-0.25, -0.2) is 13.6 Å². The molecule has 4 amide bonds. The molecule has 3 rings (SSSR count). The van der Waals surface area contributed by atoms with Crippen LogP contribution in [0, 0.1) is 17.3 Å². The number of likely N-dealkylation sites (tertiary alicyclic amines) is 1. The van der Waals surface area contributed by atoms with Crippen molar-refractivity contribution < 1.29 is 42.3 Å². The number of carbonyl (C=O) groups is 6. The lowest BCUT2D eigenvalue weighted by atomic mass is 9.85. The smallest absolute Gasteiger partial charge is 0.325 e. The molecule has 1 aromatic carbocycles. The topological polar surface area (TPSA) is 151 Å². The molecule has 0 bridgehead atoms. The SMILES string of the molecule is CC1CC(C(=O)NC(CC2CC2(F)F)C(=O)C=O)N(C(=O)C(NC(=O)NCC(=O)OCc2ccccc2)C(C)(C)C)C1. The van der Waals surface area contributed by atoms with Gasteiger partial charge in [0.05, 0.1) is 6.04 Å². The van der Waals surface area contributed by atoms with Gasteiger partial charge in [0.15, 0.2) is 6.29 Å². The van der Waals surface area contributed by atoms with Gasteiger partial charge in [-0.15, -0.1) is 0 Å². The Morgan fingerprint density at radius 2 is 1.76 bits per heavy atom. The molecule has 1 heterocycles. The maximum Gasteiger partial charge on any atom is 0.325 e. The molecule has 5 unspecified atom stereocenters. The van der Waals surface area contributed by atoms with Crippen LogP contribution in [0.3, 0.4) is 0 Å². The van der Waals surface area contributed by atoms with Gasteiger partial charge in [-0.2, -0.15) is 0 Å². The Morgan fingerprint density at radius 1 is 1.12 bits per heavy atom. The summed E-state index contributed by atoms with van der Waals surface area (Å²) in [6, 6.07) is 4.61. The Labute approximate surface area is 243 Å². The van der Waals surface area contributed by atoms with E-state index in [0.717, 1.165) is 5.56 Å². The Kier molecular flexibility index (Phi) is 10.4. The molecule has 5 atom stereocenters. The predicted octanol–water partition coefficient (Wildman–Crippen LogP) is 1.98. The molecule has 1 saturated carbocycles. The molecule has 1 saturated heterocycles. The fraction of sp³-hybridized carbons (Fsp3) is 0.586. The normalized spacial score (nSPS) is 22.3. The van der Waals surface area contributed by atoms with Crippen molar-refractivity contribution in [3.63, 3.8) is 0 Å². The summed E-state index contributed by atoms with van der Waals surface area (Å²) in [5.74, 6) is -7.19. The van der Waals surface area contributed by atoms with Crippen LogP contribution in [0.5, 0.6) is 0 Å². The van der Waals surface area contributed by atoms with Gasteiger partial charge in [0.1, 0.15) is 25.2 Å². The number of alkyl halides is 2. The molecule has 2 fully saturated rings. The van der Waals surface area contributed by atoms with Crippen molar-refractivity contribution in [2.75, 3.05) is 13.1 Å². The van der Waals surface area contributed by atoms with Crippen LogP contribution in [0.15, 0.2) is 30.3 Å². The number of halogens is 2. The lowest BCUT2D eigenvalue weighted by molar-refractivity contribution is -0.143. The Bertz CT molecular complexity index is 1190. The van der Waals surface area contributed by atoms with E-state index < -0.39 is 77.9 Å². The zero-order chi connectivity index (χ0) is 31.2. The van der Waals surface area contributed by atoms with Crippen LogP contribution in [0.25, 0.3) is 0 Å². The Morgan fingerprint density at radius 3 is 2.33 bits per heavy atom. The second-order valence-electron chi connectivity index (χ2n) is 12.1. The molecule has 11 nitrogen and oxygen atoms in total. The fourth-order valence-corrected chi connectivity index (χ4v) is 4.88. The third-order valence-electron chi connectivity index (χ3n) is 7.37. The van der Waals surface area contributed by atoms with Gasteiger partial charge in [-0.3, -0.25) is 24.0 Å². The lowest BCUT2D eigenvalue weighted by Gasteiger charge is -2.35. The molecular formula is C29H38F2N4O7. The molecule has 0 spiro atoms. The van der Waals surface area contributed by atoms with Crippen molar-refractivity contribution in [2.45, 2.75) is 77.6 Å². The summed E-state index contributed by atoms with van der Waals surface area (Å²) >= 11 is 0. The molecule has 0 radical (unpaired) electrons. The average molecular weight is 593 g/mol. The van der Waals surface area contributed by atoms with Crippen LogP contribution in [-0.4, -0.2) is 77.9 Å². The van der Waals surface area contributed by atoms with Crippen LogP contribution in [0.2, 0.25) is 0 Å². The first kappa shape index (κ1) is 32.6. The number of benzene rings is 1. The highest BCUT2D eigenvalue weighted by atomic mass is 19.3. The summed E-state index contributed by atoms with van der Waals surface area (Å²) in [6.07, 6.45) is -0.592. The van der Waals surface area contributed by atoms with Gasteiger partial charge in [0.25, 0.3) is 5.92 Å². The highest BCUT2D eigenvalue weighted by molar-refractivity contribution is 6.28. The number of urea groups is 1. The Hall–Kier alpha value is -3.90. The van der Waals surface area contributed by atoms with Gasteiger partial charge in [-0.05, 0) is 29.7 Å². The van der Waals surface area contributed by atoms with Crippen molar-refractivity contribution >= 4 is 35.9 Å². The quantitative estimate of drug-likeness (QED) is 0.191. The van der Waals surface area contributed by atoms with Gasteiger partial charge >= 0.3 is 12.0 Å². The molecule has 0 aromatic heterocycles. The van der Waals surface area contributed by atoms with Crippen LogP contribution in [0.4, 0.5) is 13.6 Å². The number of esters is 1. The molecule has 1 aliphatic heterocycles. The monoisotopic (exact) mass is 592 g/mol. The van der Waals surface area contributed by atoms with Crippen molar-refractivity contribution in [1.29, 1.82) is 0 Å². The summed E-state index contributed by atoms with van der Waals surface area (Å²) in [4.78, 5) is 76.2. The predicted molar refractivity (Wildman–Crippen MR) is 146 cm³/mol. The maximum atomic E-state index is 13.7. The minimum absolute atomic E-state index is 0.0126. The second-order valence-corrected chi connectivity index (χ2v) is 12.1. The largest absolute Gasteiger partial charge is 0.460 e.